The smallest absolute Gasteiger partial charge is 0.223 e. The summed E-state index contributed by atoms with van der Waals surface area (Å²) in [4.78, 5) is 23.5. The minimum atomic E-state index is 0.0877. The minimum absolute atomic E-state index is 0.0877. The van der Waals surface area contributed by atoms with Gasteiger partial charge in [0, 0.05) is 37.9 Å². The number of amides is 1. The highest BCUT2D eigenvalue weighted by Gasteiger charge is 2.26. The third-order valence-corrected chi connectivity index (χ3v) is 5.96. The van der Waals surface area contributed by atoms with Gasteiger partial charge < -0.3 is 10.2 Å². The predicted octanol–water partition coefficient (Wildman–Crippen LogP) is 3.53. The van der Waals surface area contributed by atoms with E-state index in [1.54, 1.807) is 23.7 Å². The first-order valence-electron chi connectivity index (χ1n) is 8.98. The average molecular weight is 366 g/mol. The number of rotatable bonds is 4. The van der Waals surface area contributed by atoms with E-state index in [1.165, 1.54) is 10.3 Å². The van der Waals surface area contributed by atoms with Crippen molar-refractivity contribution >= 4 is 32.6 Å². The van der Waals surface area contributed by atoms with Gasteiger partial charge in [0.25, 0.3) is 0 Å². The second-order valence-corrected chi connectivity index (χ2v) is 7.81. The quantitative estimate of drug-likeness (QED) is 0.767. The molecule has 2 aromatic heterocycles. The normalized spacial score (nSPS) is 15.3. The van der Waals surface area contributed by atoms with Crippen molar-refractivity contribution in [1.29, 1.82) is 0 Å². The highest BCUT2D eigenvalue weighted by molar-refractivity contribution is 7.22. The summed E-state index contributed by atoms with van der Waals surface area (Å²) in [5.41, 5.74) is 3.40. The van der Waals surface area contributed by atoms with Crippen LogP contribution in [0.5, 0.6) is 0 Å². The lowest BCUT2D eigenvalue weighted by molar-refractivity contribution is -0.125. The topological polar surface area (TPSA) is 58.1 Å². The van der Waals surface area contributed by atoms with Crippen LogP contribution in [0.15, 0.2) is 42.7 Å². The van der Waals surface area contributed by atoms with Crippen LogP contribution in [0.25, 0.3) is 10.2 Å². The fraction of sp³-hybridized carbons (Fsp3) is 0.350. The van der Waals surface area contributed by atoms with Crippen molar-refractivity contribution in [2.24, 2.45) is 5.92 Å². The molecule has 6 heteroatoms. The Labute approximate surface area is 157 Å². The lowest BCUT2D eigenvalue weighted by Crippen LogP contribution is -2.40. The summed E-state index contributed by atoms with van der Waals surface area (Å²) in [5.74, 6) is 0.242. The summed E-state index contributed by atoms with van der Waals surface area (Å²) < 4.78 is 1.23. The van der Waals surface area contributed by atoms with Gasteiger partial charge in [0.1, 0.15) is 0 Å². The SMILES string of the molecule is Cc1ccc2nc(N3CCC(C(=O)NCc4ccncc4)CC3)sc2c1. The Bertz CT molecular complexity index is 901. The number of anilines is 1. The van der Waals surface area contributed by atoms with E-state index in [1.807, 2.05) is 12.1 Å². The number of aromatic nitrogens is 2. The number of carbonyl (C=O) groups is 1. The zero-order valence-corrected chi connectivity index (χ0v) is 15.6. The summed E-state index contributed by atoms with van der Waals surface area (Å²) in [6.45, 7) is 4.44. The van der Waals surface area contributed by atoms with Gasteiger partial charge in [-0.15, -0.1) is 0 Å². The Hall–Kier alpha value is -2.47. The molecule has 3 aromatic rings. The number of fused-ring (bicyclic) bond motifs is 1. The van der Waals surface area contributed by atoms with Crippen molar-refractivity contribution in [3.8, 4) is 0 Å². The number of aryl methyl sites for hydroxylation is 1. The van der Waals surface area contributed by atoms with E-state index in [-0.39, 0.29) is 11.8 Å². The Kier molecular flexibility index (Phi) is 4.84. The maximum atomic E-state index is 12.4. The molecular weight excluding hydrogens is 344 g/mol. The van der Waals surface area contributed by atoms with Crippen molar-refractivity contribution in [2.45, 2.75) is 26.3 Å². The molecular formula is C20H22N4OS. The third kappa shape index (κ3) is 3.70. The van der Waals surface area contributed by atoms with Gasteiger partial charge in [-0.3, -0.25) is 9.78 Å². The van der Waals surface area contributed by atoms with Crippen LogP contribution in [-0.4, -0.2) is 29.0 Å². The molecule has 3 heterocycles. The molecule has 0 aliphatic carbocycles. The Morgan fingerprint density at radius 3 is 2.77 bits per heavy atom. The van der Waals surface area contributed by atoms with Crippen molar-refractivity contribution in [2.75, 3.05) is 18.0 Å². The lowest BCUT2D eigenvalue weighted by Gasteiger charge is -2.31. The molecule has 1 amide bonds. The number of thiazole rings is 1. The number of hydrogen-bond donors (Lipinski definition) is 1. The van der Waals surface area contributed by atoms with E-state index >= 15 is 0 Å². The number of carbonyl (C=O) groups excluding carboxylic acids is 1. The van der Waals surface area contributed by atoms with Crippen LogP contribution >= 0.6 is 11.3 Å². The van der Waals surface area contributed by atoms with E-state index in [0.29, 0.717) is 6.54 Å². The first kappa shape index (κ1) is 17.0. The summed E-state index contributed by atoms with van der Waals surface area (Å²) >= 11 is 1.74. The summed E-state index contributed by atoms with van der Waals surface area (Å²) in [5, 5.41) is 4.12. The molecule has 134 valence electrons. The maximum absolute atomic E-state index is 12.4. The van der Waals surface area contributed by atoms with E-state index in [9.17, 15) is 4.79 Å². The molecule has 4 rings (SSSR count). The molecule has 1 fully saturated rings. The van der Waals surface area contributed by atoms with Gasteiger partial charge in [0.05, 0.1) is 10.2 Å². The Morgan fingerprint density at radius 1 is 1.23 bits per heavy atom. The number of piperidine rings is 1. The molecule has 0 unspecified atom stereocenters. The first-order chi connectivity index (χ1) is 12.7. The maximum Gasteiger partial charge on any atom is 0.223 e. The number of nitrogens with one attached hydrogen (secondary N) is 1. The highest BCUT2D eigenvalue weighted by atomic mass is 32.1. The average Bonchev–Trinajstić information content (AvgIpc) is 3.10. The molecule has 1 aromatic carbocycles. The molecule has 26 heavy (non-hydrogen) atoms. The molecule has 0 atom stereocenters. The van der Waals surface area contributed by atoms with Crippen molar-refractivity contribution in [3.05, 3.63) is 53.9 Å². The standard InChI is InChI=1S/C20H22N4OS/c1-14-2-3-17-18(12-14)26-20(23-17)24-10-6-16(7-11-24)19(25)22-13-15-4-8-21-9-5-15/h2-5,8-9,12,16H,6-7,10-11,13H2,1H3,(H,22,25). The molecule has 0 spiro atoms. The summed E-state index contributed by atoms with van der Waals surface area (Å²) in [7, 11) is 0. The Morgan fingerprint density at radius 2 is 2.00 bits per heavy atom. The van der Waals surface area contributed by atoms with E-state index in [0.717, 1.165) is 42.1 Å². The molecule has 0 saturated carbocycles. The van der Waals surface area contributed by atoms with Gasteiger partial charge in [0.15, 0.2) is 5.13 Å². The fourth-order valence-electron chi connectivity index (χ4n) is 3.32. The van der Waals surface area contributed by atoms with E-state index < -0.39 is 0 Å². The van der Waals surface area contributed by atoms with Crippen LogP contribution in [0.4, 0.5) is 5.13 Å². The zero-order chi connectivity index (χ0) is 17.9. The van der Waals surface area contributed by atoms with Gasteiger partial charge in [0.2, 0.25) is 5.91 Å². The zero-order valence-electron chi connectivity index (χ0n) is 14.8. The largest absolute Gasteiger partial charge is 0.352 e. The molecule has 1 N–H and O–H groups in total. The monoisotopic (exact) mass is 366 g/mol. The van der Waals surface area contributed by atoms with Gasteiger partial charge >= 0.3 is 0 Å². The van der Waals surface area contributed by atoms with Gasteiger partial charge in [-0.2, -0.15) is 0 Å². The molecule has 1 aliphatic rings. The van der Waals surface area contributed by atoms with Crippen LogP contribution in [0.2, 0.25) is 0 Å². The van der Waals surface area contributed by atoms with Crippen LogP contribution in [0.1, 0.15) is 24.0 Å². The van der Waals surface area contributed by atoms with Crippen LogP contribution in [0.3, 0.4) is 0 Å². The molecule has 1 saturated heterocycles. The lowest BCUT2D eigenvalue weighted by atomic mass is 9.96. The van der Waals surface area contributed by atoms with Gasteiger partial charge in [-0.05, 0) is 55.2 Å². The number of benzene rings is 1. The highest BCUT2D eigenvalue weighted by Crippen LogP contribution is 2.32. The van der Waals surface area contributed by atoms with E-state index in [2.05, 4.69) is 40.3 Å². The van der Waals surface area contributed by atoms with Crippen LogP contribution in [0, 0.1) is 12.8 Å². The van der Waals surface area contributed by atoms with Crippen molar-refractivity contribution < 1.29 is 4.79 Å². The number of hydrogen-bond acceptors (Lipinski definition) is 5. The molecule has 0 radical (unpaired) electrons. The van der Waals surface area contributed by atoms with Crippen molar-refractivity contribution in [1.82, 2.24) is 15.3 Å². The minimum Gasteiger partial charge on any atom is -0.352 e. The van der Waals surface area contributed by atoms with Gasteiger partial charge in [-0.1, -0.05) is 17.4 Å². The molecule has 1 aliphatic heterocycles. The number of pyridine rings is 1. The molecule has 0 bridgehead atoms. The van der Waals surface area contributed by atoms with Crippen LogP contribution < -0.4 is 10.2 Å². The fourth-order valence-corrected chi connectivity index (χ4v) is 4.44. The van der Waals surface area contributed by atoms with Crippen LogP contribution in [-0.2, 0) is 11.3 Å². The predicted molar refractivity (Wildman–Crippen MR) is 105 cm³/mol. The Balaban J connectivity index is 1.33. The second-order valence-electron chi connectivity index (χ2n) is 6.80. The van der Waals surface area contributed by atoms with Crippen molar-refractivity contribution in [3.63, 3.8) is 0 Å². The molecule has 5 nitrogen and oxygen atoms in total. The first-order valence-corrected chi connectivity index (χ1v) is 9.79. The van der Waals surface area contributed by atoms with E-state index in [4.69, 9.17) is 4.98 Å². The number of nitrogens with zero attached hydrogens (tertiary/aromatic N) is 3. The third-order valence-electron chi connectivity index (χ3n) is 4.89. The van der Waals surface area contributed by atoms with Gasteiger partial charge in [-0.25, -0.2) is 4.98 Å². The second kappa shape index (κ2) is 7.41. The summed E-state index contributed by atoms with van der Waals surface area (Å²) in [6.07, 6.45) is 5.24. The summed E-state index contributed by atoms with van der Waals surface area (Å²) in [6, 6.07) is 10.2.